The third-order valence-electron chi connectivity index (χ3n) is 2.23. The summed E-state index contributed by atoms with van der Waals surface area (Å²) < 4.78 is -0.567. The molecule has 10 heavy (non-hydrogen) atoms. The van der Waals surface area contributed by atoms with Crippen LogP contribution in [0.4, 0.5) is 0 Å². The summed E-state index contributed by atoms with van der Waals surface area (Å²) in [6.45, 7) is 4.13. The third-order valence-corrected chi connectivity index (χ3v) is 3.18. The van der Waals surface area contributed by atoms with Crippen LogP contribution in [0.15, 0.2) is 11.1 Å². The van der Waals surface area contributed by atoms with Gasteiger partial charge in [-0.1, -0.05) is 28.8 Å². The Hall–Kier alpha value is 0.320. The van der Waals surface area contributed by atoms with E-state index >= 15 is 0 Å². The lowest BCUT2D eigenvalue weighted by molar-refractivity contribution is 0.644. The number of rotatable bonds is 0. The van der Waals surface area contributed by atoms with Gasteiger partial charge in [0.2, 0.25) is 0 Å². The zero-order valence-corrected chi connectivity index (χ0v) is 7.89. The lowest BCUT2D eigenvalue weighted by atomic mass is 9.93. The first kappa shape index (κ1) is 8.42. The van der Waals surface area contributed by atoms with Crippen LogP contribution in [0.5, 0.6) is 0 Å². The van der Waals surface area contributed by atoms with E-state index in [9.17, 15) is 0 Å². The molecule has 1 aliphatic rings. The van der Waals surface area contributed by atoms with Gasteiger partial charge in [-0.15, -0.1) is 0 Å². The van der Waals surface area contributed by atoms with Crippen LogP contribution < -0.4 is 0 Å². The fourth-order valence-electron chi connectivity index (χ4n) is 1.26. The van der Waals surface area contributed by atoms with Crippen molar-refractivity contribution in [2.75, 3.05) is 0 Å². The SMILES string of the molecule is CC1=C(C)C(Cl)(Cl)CCC1. The van der Waals surface area contributed by atoms with E-state index in [0.717, 1.165) is 24.8 Å². The highest BCUT2D eigenvalue weighted by molar-refractivity contribution is 6.50. The second-order valence-corrected chi connectivity index (χ2v) is 4.45. The molecule has 0 saturated heterocycles. The first-order chi connectivity index (χ1) is 4.54. The second kappa shape index (κ2) is 2.75. The minimum absolute atomic E-state index is 0.567. The van der Waals surface area contributed by atoms with Crippen LogP contribution in [0.3, 0.4) is 0 Å². The summed E-state index contributed by atoms with van der Waals surface area (Å²) in [5.74, 6) is 0. The van der Waals surface area contributed by atoms with Crippen LogP contribution in [0.25, 0.3) is 0 Å². The molecule has 0 unspecified atom stereocenters. The van der Waals surface area contributed by atoms with Crippen LogP contribution in [0, 0.1) is 0 Å². The number of allylic oxidation sites excluding steroid dienone is 2. The molecule has 0 fully saturated rings. The van der Waals surface area contributed by atoms with E-state index in [4.69, 9.17) is 23.2 Å². The predicted molar refractivity (Wildman–Crippen MR) is 46.7 cm³/mol. The van der Waals surface area contributed by atoms with Gasteiger partial charge < -0.3 is 0 Å². The van der Waals surface area contributed by atoms with E-state index in [1.165, 1.54) is 5.57 Å². The molecule has 0 heterocycles. The minimum atomic E-state index is -0.567. The van der Waals surface area contributed by atoms with Crippen LogP contribution in [-0.2, 0) is 0 Å². The van der Waals surface area contributed by atoms with Gasteiger partial charge in [-0.05, 0) is 38.7 Å². The van der Waals surface area contributed by atoms with Crippen molar-refractivity contribution in [3.8, 4) is 0 Å². The Morgan fingerprint density at radius 3 is 2.30 bits per heavy atom. The summed E-state index contributed by atoms with van der Waals surface area (Å²) in [6.07, 6.45) is 3.18. The molecule has 0 atom stereocenters. The lowest BCUT2D eigenvalue weighted by Gasteiger charge is -2.27. The van der Waals surface area contributed by atoms with Gasteiger partial charge in [0.1, 0.15) is 4.33 Å². The molecule has 58 valence electrons. The van der Waals surface area contributed by atoms with E-state index in [2.05, 4.69) is 6.92 Å². The average Bonchev–Trinajstić information content (AvgIpc) is 1.83. The first-order valence-electron chi connectivity index (χ1n) is 3.59. The van der Waals surface area contributed by atoms with E-state index in [1.54, 1.807) is 0 Å². The third kappa shape index (κ3) is 1.49. The molecule has 0 bridgehead atoms. The number of hydrogen-bond acceptors (Lipinski definition) is 0. The monoisotopic (exact) mass is 178 g/mol. The van der Waals surface area contributed by atoms with Crippen molar-refractivity contribution >= 4 is 23.2 Å². The molecular weight excluding hydrogens is 167 g/mol. The van der Waals surface area contributed by atoms with Crippen molar-refractivity contribution in [1.82, 2.24) is 0 Å². The Kier molecular flexibility index (Phi) is 2.31. The summed E-state index contributed by atoms with van der Waals surface area (Å²) >= 11 is 12.0. The Morgan fingerprint density at radius 2 is 1.90 bits per heavy atom. The zero-order valence-electron chi connectivity index (χ0n) is 6.38. The Morgan fingerprint density at radius 1 is 1.30 bits per heavy atom. The fraction of sp³-hybridized carbons (Fsp3) is 0.750. The molecule has 0 aliphatic heterocycles. The summed E-state index contributed by atoms with van der Waals surface area (Å²) in [4.78, 5) is 0. The molecule has 0 saturated carbocycles. The smallest absolute Gasteiger partial charge is 0.0967 e. The Balaban J connectivity index is 2.89. The van der Waals surface area contributed by atoms with Crippen LogP contribution in [0.2, 0.25) is 0 Å². The van der Waals surface area contributed by atoms with Gasteiger partial charge in [0.15, 0.2) is 0 Å². The van der Waals surface area contributed by atoms with Crippen LogP contribution in [0.1, 0.15) is 33.1 Å². The molecule has 0 radical (unpaired) electrons. The molecule has 0 nitrogen and oxygen atoms in total. The normalized spacial score (nSPS) is 25.2. The van der Waals surface area contributed by atoms with Crippen molar-refractivity contribution in [2.45, 2.75) is 37.4 Å². The maximum absolute atomic E-state index is 6.02. The highest BCUT2D eigenvalue weighted by Gasteiger charge is 2.29. The second-order valence-electron chi connectivity index (χ2n) is 2.96. The van der Waals surface area contributed by atoms with Gasteiger partial charge in [0, 0.05) is 0 Å². The first-order valence-corrected chi connectivity index (χ1v) is 4.34. The summed E-state index contributed by atoms with van der Waals surface area (Å²) in [6, 6.07) is 0. The summed E-state index contributed by atoms with van der Waals surface area (Å²) in [5, 5.41) is 0. The predicted octanol–water partition coefficient (Wildman–Crippen LogP) is 3.68. The van der Waals surface area contributed by atoms with E-state index in [1.807, 2.05) is 6.92 Å². The van der Waals surface area contributed by atoms with Gasteiger partial charge in [-0.2, -0.15) is 0 Å². The summed E-state index contributed by atoms with van der Waals surface area (Å²) in [7, 11) is 0. The molecule has 0 amide bonds. The average molecular weight is 179 g/mol. The zero-order chi connectivity index (χ0) is 7.78. The largest absolute Gasteiger partial charge is 0.139 e. The number of alkyl halides is 2. The molecular formula is C8H12Cl2. The maximum Gasteiger partial charge on any atom is 0.139 e. The molecule has 0 aromatic heterocycles. The highest BCUT2D eigenvalue weighted by atomic mass is 35.5. The van der Waals surface area contributed by atoms with Crippen molar-refractivity contribution in [3.05, 3.63) is 11.1 Å². The topological polar surface area (TPSA) is 0 Å². The fourth-order valence-corrected chi connectivity index (χ4v) is 1.85. The molecule has 1 rings (SSSR count). The minimum Gasteiger partial charge on any atom is -0.0967 e. The standard InChI is InChI=1S/C8H12Cl2/c1-6-4-3-5-8(9,10)7(6)2/h3-5H2,1-2H3. The van der Waals surface area contributed by atoms with E-state index in [-0.39, 0.29) is 0 Å². The summed E-state index contributed by atoms with van der Waals surface area (Å²) in [5.41, 5.74) is 2.51. The quantitative estimate of drug-likeness (QED) is 0.393. The van der Waals surface area contributed by atoms with Gasteiger partial charge >= 0.3 is 0 Å². The van der Waals surface area contributed by atoms with Gasteiger partial charge in [0.05, 0.1) is 0 Å². The van der Waals surface area contributed by atoms with E-state index < -0.39 is 4.33 Å². The van der Waals surface area contributed by atoms with Crippen molar-refractivity contribution in [3.63, 3.8) is 0 Å². The van der Waals surface area contributed by atoms with Crippen molar-refractivity contribution in [2.24, 2.45) is 0 Å². The van der Waals surface area contributed by atoms with Gasteiger partial charge in [-0.3, -0.25) is 0 Å². The molecule has 0 N–H and O–H groups in total. The molecule has 1 aliphatic carbocycles. The van der Waals surface area contributed by atoms with Crippen LogP contribution in [-0.4, -0.2) is 4.33 Å². The van der Waals surface area contributed by atoms with Crippen molar-refractivity contribution < 1.29 is 0 Å². The van der Waals surface area contributed by atoms with Crippen LogP contribution >= 0.6 is 23.2 Å². The maximum atomic E-state index is 6.02. The molecule has 0 aromatic carbocycles. The van der Waals surface area contributed by atoms with E-state index in [0.29, 0.717) is 0 Å². The molecule has 0 spiro atoms. The molecule has 2 heteroatoms. The highest BCUT2D eigenvalue weighted by Crippen LogP contribution is 2.41. The Bertz CT molecular complexity index is 168. The van der Waals surface area contributed by atoms with Gasteiger partial charge in [-0.25, -0.2) is 0 Å². The lowest BCUT2D eigenvalue weighted by Crippen LogP contribution is -2.19. The molecule has 0 aromatic rings. The van der Waals surface area contributed by atoms with Gasteiger partial charge in [0.25, 0.3) is 0 Å². The number of halogens is 2. The number of hydrogen-bond donors (Lipinski definition) is 0. The van der Waals surface area contributed by atoms with Crippen molar-refractivity contribution in [1.29, 1.82) is 0 Å². The Labute approximate surface area is 72.2 Å².